The van der Waals surface area contributed by atoms with Crippen LogP contribution >= 0.6 is 27.5 Å². The summed E-state index contributed by atoms with van der Waals surface area (Å²) in [5, 5.41) is 11.0. The Labute approximate surface area is 132 Å². The molecule has 20 heavy (non-hydrogen) atoms. The van der Waals surface area contributed by atoms with E-state index in [2.05, 4.69) is 15.9 Å². The molecule has 0 bridgehead atoms. The van der Waals surface area contributed by atoms with E-state index in [-0.39, 0.29) is 0 Å². The zero-order chi connectivity index (χ0) is 14.7. The standard InChI is InChI=1S/C16H16BrClO2/c1-10-3-4-12(8-16(10)20-2)15(19)7-11-5-6-13(17)9-14(11)18/h3-6,8-9,15,19H,7H2,1-2H3. The van der Waals surface area contributed by atoms with E-state index in [1.807, 2.05) is 43.3 Å². The number of ether oxygens (including phenoxy) is 1. The molecule has 0 aliphatic heterocycles. The van der Waals surface area contributed by atoms with Crippen molar-refractivity contribution in [2.45, 2.75) is 19.4 Å². The zero-order valence-corrected chi connectivity index (χ0v) is 13.7. The highest BCUT2D eigenvalue weighted by atomic mass is 79.9. The Morgan fingerprint density at radius 1 is 1.25 bits per heavy atom. The summed E-state index contributed by atoms with van der Waals surface area (Å²) in [5.41, 5.74) is 2.79. The van der Waals surface area contributed by atoms with E-state index in [0.29, 0.717) is 11.4 Å². The van der Waals surface area contributed by atoms with E-state index in [9.17, 15) is 5.11 Å². The van der Waals surface area contributed by atoms with Gasteiger partial charge in [0, 0.05) is 15.9 Å². The number of aliphatic hydroxyl groups is 1. The first-order valence-electron chi connectivity index (χ1n) is 6.28. The molecular weight excluding hydrogens is 340 g/mol. The highest BCUT2D eigenvalue weighted by Gasteiger charge is 2.13. The van der Waals surface area contributed by atoms with Crippen molar-refractivity contribution in [3.63, 3.8) is 0 Å². The number of benzene rings is 2. The number of aryl methyl sites for hydroxylation is 1. The summed E-state index contributed by atoms with van der Waals surface area (Å²) in [7, 11) is 1.63. The monoisotopic (exact) mass is 354 g/mol. The number of halogens is 2. The Morgan fingerprint density at radius 2 is 2.00 bits per heavy atom. The molecule has 1 unspecified atom stereocenters. The lowest BCUT2D eigenvalue weighted by atomic mass is 10.00. The van der Waals surface area contributed by atoms with Crippen molar-refractivity contribution >= 4 is 27.5 Å². The summed E-state index contributed by atoms with van der Waals surface area (Å²) in [6, 6.07) is 11.4. The summed E-state index contributed by atoms with van der Waals surface area (Å²) in [5.74, 6) is 0.781. The molecule has 0 radical (unpaired) electrons. The third kappa shape index (κ3) is 3.54. The average Bonchev–Trinajstić information content (AvgIpc) is 2.42. The molecule has 0 aliphatic carbocycles. The van der Waals surface area contributed by atoms with Gasteiger partial charge in [-0.3, -0.25) is 0 Å². The summed E-state index contributed by atoms with van der Waals surface area (Å²) in [6.07, 6.45) is -0.138. The van der Waals surface area contributed by atoms with Crippen LogP contribution < -0.4 is 4.74 Å². The van der Waals surface area contributed by atoms with Gasteiger partial charge in [0.25, 0.3) is 0 Å². The maximum Gasteiger partial charge on any atom is 0.122 e. The molecule has 1 N–H and O–H groups in total. The van der Waals surface area contributed by atoms with Gasteiger partial charge in [-0.25, -0.2) is 0 Å². The molecule has 0 spiro atoms. The van der Waals surface area contributed by atoms with Crippen molar-refractivity contribution < 1.29 is 9.84 Å². The number of hydrogen-bond donors (Lipinski definition) is 1. The van der Waals surface area contributed by atoms with Crippen LogP contribution in [0.15, 0.2) is 40.9 Å². The summed E-state index contributed by atoms with van der Waals surface area (Å²) in [6.45, 7) is 1.97. The van der Waals surface area contributed by atoms with Crippen molar-refractivity contribution in [1.82, 2.24) is 0 Å². The van der Waals surface area contributed by atoms with Crippen LogP contribution in [0, 0.1) is 6.92 Å². The minimum absolute atomic E-state index is 0.471. The Kier molecular flexibility index (Phi) is 5.08. The van der Waals surface area contributed by atoms with Crippen molar-refractivity contribution in [3.05, 3.63) is 62.6 Å². The van der Waals surface area contributed by atoms with Gasteiger partial charge in [0.2, 0.25) is 0 Å². The van der Waals surface area contributed by atoms with Crippen LogP contribution in [0.1, 0.15) is 22.8 Å². The molecule has 2 aromatic carbocycles. The van der Waals surface area contributed by atoms with Crippen LogP contribution in [0.3, 0.4) is 0 Å². The predicted molar refractivity (Wildman–Crippen MR) is 85.5 cm³/mol. The highest BCUT2D eigenvalue weighted by Crippen LogP contribution is 2.28. The quantitative estimate of drug-likeness (QED) is 0.861. The first kappa shape index (κ1) is 15.4. The molecule has 0 fully saturated rings. The van der Waals surface area contributed by atoms with Crippen LogP contribution in [0.2, 0.25) is 5.02 Å². The molecule has 2 aromatic rings. The number of hydrogen-bond acceptors (Lipinski definition) is 2. The number of rotatable bonds is 4. The van der Waals surface area contributed by atoms with E-state index >= 15 is 0 Å². The maximum absolute atomic E-state index is 10.4. The molecule has 0 saturated heterocycles. The smallest absolute Gasteiger partial charge is 0.122 e. The van der Waals surface area contributed by atoms with Crippen molar-refractivity contribution in [2.24, 2.45) is 0 Å². The Bertz CT molecular complexity index is 613. The molecule has 0 heterocycles. The van der Waals surface area contributed by atoms with Gasteiger partial charge in [0.15, 0.2) is 0 Å². The van der Waals surface area contributed by atoms with E-state index in [1.165, 1.54) is 0 Å². The molecule has 0 aliphatic rings. The van der Waals surface area contributed by atoms with Gasteiger partial charge in [-0.1, -0.05) is 45.7 Å². The second-order valence-electron chi connectivity index (χ2n) is 4.68. The predicted octanol–water partition coefficient (Wildman–Crippen LogP) is 4.70. The fourth-order valence-electron chi connectivity index (χ4n) is 2.06. The van der Waals surface area contributed by atoms with Gasteiger partial charge < -0.3 is 9.84 Å². The molecule has 2 nitrogen and oxygen atoms in total. The lowest BCUT2D eigenvalue weighted by molar-refractivity contribution is 0.178. The second kappa shape index (κ2) is 6.61. The SMILES string of the molecule is COc1cc(C(O)Cc2ccc(Br)cc2Cl)ccc1C. The third-order valence-electron chi connectivity index (χ3n) is 3.25. The van der Waals surface area contributed by atoms with E-state index in [0.717, 1.165) is 26.9 Å². The van der Waals surface area contributed by atoms with E-state index in [1.54, 1.807) is 7.11 Å². The molecule has 0 aromatic heterocycles. The number of methoxy groups -OCH3 is 1. The van der Waals surface area contributed by atoms with Crippen molar-refractivity contribution in [1.29, 1.82) is 0 Å². The normalized spacial score (nSPS) is 12.2. The molecule has 1 atom stereocenters. The maximum atomic E-state index is 10.4. The van der Waals surface area contributed by atoms with Gasteiger partial charge in [-0.2, -0.15) is 0 Å². The molecular formula is C16H16BrClO2. The summed E-state index contributed by atoms with van der Waals surface area (Å²) >= 11 is 9.55. The van der Waals surface area contributed by atoms with Crippen LogP contribution in [0.5, 0.6) is 5.75 Å². The van der Waals surface area contributed by atoms with Crippen LogP contribution in [0.25, 0.3) is 0 Å². The van der Waals surface area contributed by atoms with E-state index in [4.69, 9.17) is 16.3 Å². The number of aliphatic hydroxyl groups excluding tert-OH is 1. The zero-order valence-electron chi connectivity index (χ0n) is 11.4. The second-order valence-corrected chi connectivity index (χ2v) is 6.01. The minimum atomic E-state index is -0.608. The Morgan fingerprint density at radius 3 is 2.65 bits per heavy atom. The molecule has 0 amide bonds. The Balaban J connectivity index is 2.21. The van der Waals surface area contributed by atoms with Gasteiger partial charge in [-0.15, -0.1) is 0 Å². The van der Waals surface area contributed by atoms with Crippen molar-refractivity contribution in [3.8, 4) is 5.75 Å². The third-order valence-corrected chi connectivity index (χ3v) is 4.09. The van der Waals surface area contributed by atoms with Crippen molar-refractivity contribution in [2.75, 3.05) is 7.11 Å². The van der Waals surface area contributed by atoms with E-state index < -0.39 is 6.10 Å². The van der Waals surface area contributed by atoms with Crippen LogP contribution in [0.4, 0.5) is 0 Å². The highest BCUT2D eigenvalue weighted by molar-refractivity contribution is 9.10. The molecule has 2 rings (SSSR count). The van der Waals surface area contributed by atoms with Gasteiger partial charge in [-0.05, 0) is 41.8 Å². The van der Waals surface area contributed by atoms with Gasteiger partial charge >= 0.3 is 0 Å². The van der Waals surface area contributed by atoms with Crippen LogP contribution in [-0.4, -0.2) is 12.2 Å². The topological polar surface area (TPSA) is 29.5 Å². The lowest BCUT2D eigenvalue weighted by Crippen LogP contribution is -2.03. The molecule has 106 valence electrons. The van der Waals surface area contributed by atoms with Gasteiger partial charge in [0.05, 0.1) is 13.2 Å². The average molecular weight is 356 g/mol. The Hall–Kier alpha value is -1.03. The summed E-state index contributed by atoms with van der Waals surface area (Å²) in [4.78, 5) is 0. The first-order chi connectivity index (χ1) is 9.51. The lowest BCUT2D eigenvalue weighted by Gasteiger charge is -2.14. The fourth-order valence-corrected chi connectivity index (χ4v) is 2.81. The first-order valence-corrected chi connectivity index (χ1v) is 7.45. The van der Waals surface area contributed by atoms with Gasteiger partial charge in [0.1, 0.15) is 5.75 Å². The van der Waals surface area contributed by atoms with Crippen LogP contribution in [-0.2, 0) is 6.42 Å². The fraction of sp³-hybridized carbons (Fsp3) is 0.250. The minimum Gasteiger partial charge on any atom is -0.496 e. The molecule has 0 saturated carbocycles. The molecule has 4 heteroatoms. The summed E-state index contributed by atoms with van der Waals surface area (Å²) < 4.78 is 6.21. The largest absolute Gasteiger partial charge is 0.496 e.